The smallest absolute Gasteiger partial charge is 0.282 e. The van der Waals surface area contributed by atoms with E-state index in [-0.39, 0.29) is 18.3 Å². The lowest BCUT2D eigenvalue weighted by Gasteiger charge is -2.31. The van der Waals surface area contributed by atoms with E-state index in [1.807, 2.05) is 24.5 Å². The van der Waals surface area contributed by atoms with E-state index in [2.05, 4.69) is 25.5 Å². The zero-order valence-corrected chi connectivity index (χ0v) is 20.6. The van der Waals surface area contributed by atoms with Crippen LogP contribution in [-0.4, -0.2) is 67.3 Å². The Morgan fingerprint density at radius 3 is 2.66 bits per heavy atom. The molecule has 0 aromatic carbocycles. The van der Waals surface area contributed by atoms with Crippen molar-refractivity contribution in [1.82, 2.24) is 33.3 Å². The minimum Gasteiger partial charge on any atom is -0.310 e. The van der Waals surface area contributed by atoms with Crippen molar-refractivity contribution in [2.24, 2.45) is 0 Å². The highest BCUT2D eigenvalue weighted by molar-refractivity contribution is 7.86. The number of nitrogens with one attached hydrogen (secondary N) is 1. The SMILES string of the molecule is CC(C)n1cnnc1-c1cccc(NC(=O)c2cc3c(cn2)CCN(S(=O)(=O)N2CCCC2)C3)n1. The third kappa shape index (κ3) is 4.68. The number of nitrogens with zero attached hydrogens (tertiary/aromatic N) is 7. The van der Waals surface area contributed by atoms with Crippen LogP contribution in [0.5, 0.6) is 0 Å². The lowest BCUT2D eigenvalue weighted by molar-refractivity contribution is 0.102. The zero-order chi connectivity index (χ0) is 24.6. The summed E-state index contributed by atoms with van der Waals surface area (Å²) in [4.78, 5) is 21.8. The first-order valence-corrected chi connectivity index (χ1v) is 13.1. The molecule has 0 radical (unpaired) electrons. The molecule has 0 atom stereocenters. The van der Waals surface area contributed by atoms with Gasteiger partial charge in [-0.25, -0.2) is 4.98 Å². The molecule has 0 spiro atoms. The van der Waals surface area contributed by atoms with Gasteiger partial charge >= 0.3 is 0 Å². The molecular weight excluding hydrogens is 468 g/mol. The number of hydrogen-bond acceptors (Lipinski definition) is 7. The van der Waals surface area contributed by atoms with Crippen LogP contribution in [0.4, 0.5) is 5.82 Å². The summed E-state index contributed by atoms with van der Waals surface area (Å²) in [6.45, 7) is 5.83. The zero-order valence-electron chi connectivity index (χ0n) is 19.8. The highest BCUT2D eigenvalue weighted by atomic mass is 32.2. The van der Waals surface area contributed by atoms with Gasteiger partial charge in [0.05, 0.1) is 0 Å². The van der Waals surface area contributed by atoms with Crippen molar-refractivity contribution in [3.05, 3.63) is 53.6 Å². The van der Waals surface area contributed by atoms with Gasteiger partial charge < -0.3 is 9.88 Å². The number of pyridine rings is 2. The second-order valence-electron chi connectivity index (χ2n) is 9.05. The predicted molar refractivity (Wildman–Crippen MR) is 130 cm³/mol. The fraction of sp³-hybridized carbons (Fsp3) is 0.435. The van der Waals surface area contributed by atoms with Crippen molar-refractivity contribution >= 4 is 21.9 Å². The Balaban J connectivity index is 1.33. The highest BCUT2D eigenvalue weighted by Gasteiger charge is 2.34. The summed E-state index contributed by atoms with van der Waals surface area (Å²) in [5.74, 6) is 0.563. The molecular formula is C23H28N8O3S. The van der Waals surface area contributed by atoms with Crippen LogP contribution in [-0.2, 0) is 23.2 Å². The molecule has 2 aliphatic heterocycles. The van der Waals surface area contributed by atoms with Crippen LogP contribution in [0.2, 0.25) is 0 Å². The predicted octanol–water partition coefficient (Wildman–Crippen LogP) is 2.27. The first kappa shape index (κ1) is 23.5. The maximum Gasteiger partial charge on any atom is 0.282 e. The normalized spacial score (nSPS) is 17.0. The lowest BCUT2D eigenvalue weighted by Crippen LogP contribution is -2.44. The number of amides is 1. The Bertz CT molecular complexity index is 1350. The lowest BCUT2D eigenvalue weighted by atomic mass is 10.0. The van der Waals surface area contributed by atoms with E-state index in [1.54, 1.807) is 35.0 Å². The van der Waals surface area contributed by atoms with Crippen molar-refractivity contribution < 1.29 is 13.2 Å². The third-order valence-corrected chi connectivity index (χ3v) is 8.34. The average Bonchev–Trinajstić information content (AvgIpc) is 3.56. The Kier molecular flexibility index (Phi) is 6.34. The molecule has 5 heterocycles. The molecule has 0 bridgehead atoms. The number of carbonyl (C=O) groups excluding carboxylic acids is 1. The molecule has 3 aromatic rings. The molecule has 0 unspecified atom stereocenters. The van der Waals surface area contributed by atoms with E-state index in [4.69, 9.17) is 0 Å². The summed E-state index contributed by atoms with van der Waals surface area (Å²) in [5, 5.41) is 10.9. The summed E-state index contributed by atoms with van der Waals surface area (Å²) >= 11 is 0. The molecule has 0 aliphatic carbocycles. The Labute approximate surface area is 204 Å². The molecule has 1 N–H and O–H groups in total. The monoisotopic (exact) mass is 496 g/mol. The van der Waals surface area contributed by atoms with Gasteiger partial charge in [0.25, 0.3) is 16.1 Å². The van der Waals surface area contributed by atoms with Gasteiger partial charge in [-0.15, -0.1) is 10.2 Å². The first-order chi connectivity index (χ1) is 16.8. The summed E-state index contributed by atoms with van der Waals surface area (Å²) in [6, 6.07) is 7.13. The van der Waals surface area contributed by atoms with Crippen LogP contribution >= 0.6 is 0 Å². The van der Waals surface area contributed by atoms with Gasteiger partial charge in [0.2, 0.25) is 0 Å². The number of fused-ring (bicyclic) bond motifs is 1. The maximum absolute atomic E-state index is 13.0. The van der Waals surface area contributed by atoms with Gasteiger partial charge in [0, 0.05) is 38.4 Å². The van der Waals surface area contributed by atoms with E-state index >= 15 is 0 Å². The molecule has 35 heavy (non-hydrogen) atoms. The minimum atomic E-state index is -3.50. The summed E-state index contributed by atoms with van der Waals surface area (Å²) in [6.07, 6.45) is 5.67. The van der Waals surface area contributed by atoms with E-state index in [0.29, 0.717) is 43.4 Å². The summed E-state index contributed by atoms with van der Waals surface area (Å²) in [5.41, 5.74) is 2.56. The number of rotatable bonds is 6. The van der Waals surface area contributed by atoms with Gasteiger partial charge in [0.1, 0.15) is 23.5 Å². The Hall–Kier alpha value is -3.22. The summed E-state index contributed by atoms with van der Waals surface area (Å²) in [7, 11) is -3.50. The van der Waals surface area contributed by atoms with Gasteiger partial charge in [-0.1, -0.05) is 6.07 Å². The van der Waals surface area contributed by atoms with E-state index in [1.165, 1.54) is 4.31 Å². The fourth-order valence-electron chi connectivity index (χ4n) is 4.43. The number of carbonyl (C=O) groups is 1. The van der Waals surface area contributed by atoms with Crippen LogP contribution in [0, 0.1) is 0 Å². The number of hydrogen-bond donors (Lipinski definition) is 1. The minimum absolute atomic E-state index is 0.161. The topological polar surface area (TPSA) is 126 Å². The third-order valence-electron chi connectivity index (χ3n) is 6.36. The Morgan fingerprint density at radius 2 is 1.89 bits per heavy atom. The van der Waals surface area contributed by atoms with Gasteiger partial charge in [0.15, 0.2) is 5.82 Å². The molecule has 1 amide bonds. The standard InChI is InChI=1S/C23H28N8O3S/c1-16(2)31-15-25-28-22(31)19-6-5-7-21(26-19)27-23(32)20-12-18-14-30(11-8-17(18)13-24-20)35(33,34)29-9-3-4-10-29/h5-7,12-13,15-16H,3-4,8-11,14H2,1-2H3,(H,26,27,32). The van der Waals surface area contributed by atoms with Crippen molar-refractivity contribution in [2.45, 2.75) is 45.7 Å². The van der Waals surface area contributed by atoms with E-state index in [9.17, 15) is 13.2 Å². The largest absolute Gasteiger partial charge is 0.310 e. The molecule has 1 saturated heterocycles. The molecule has 5 rings (SSSR count). The second kappa shape index (κ2) is 9.44. The van der Waals surface area contributed by atoms with Crippen LogP contribution in [0.1, 0.15) is 54.3 Å². The fourth-order valence-corrected chi connectivity index (χ4v) is 6.10. The van der Waals surface area contributed by atoms with Crippen LogP contribution in [0.3, 0.4) is 0 Å². The molecule has 12 heteroatoms. The molecule has 3 aromatic heterocycles. The number of aromatic nitrogens is 5. The van der Waals surface area contributed by atoms with Crippen LogP contribution in [0.25, 0.3) is 11.5 Å². The summed E-state index contributed by atoms with van der Waals surface area (Å²) < 4.78 is 30.9. The van der Waals surface area contributed by atoms with Crippen LogP contribution < -0.4 is 5.32 Å². The Morgan fingerprint density at radius 1 is 1.09 bits per heavy atom. The van der Waals surface area contributed by atoms with Crippen molar-refractivity contribution in [2.75, 3.05) is 25.0 Å². The van der Waals surface area contributed by atoms with E-state index < -0.39 is 16.1 Å². The van der Waals surface area contributed by atoms with Crippen molar-refractivity contribution in [1.29, 1.82) is 0 Å². The van der Waals surface area contributed by atoms with Crippen molar-refractivity contribution in [3.63, 3.8) is 0 Å². The molecule has 2 aliphatic rings. The molecule has 184 valence electrons. The molecule has 11 nitrogen and oxygen atoms in total. The van der Waals surface area contributed by atoms with Crippen LogP contribution in [0.15, 0.2) is 36.8 Å². The van der Waals surface area contributed by atoms with E-state index in [0.717, 1.165) is 24.0 Å². The first-order valence-electron chi connectivity index (χ1n) is 11.7. The van der Waals surface area contributed by atoms with Gasteiger partial charge in [-0.2, -0.15) is 17.0 Å². The van der Waals surface area contributed by atoms with Gasteiger partial charge in [-0.05, 0) is 62.4 Å². The maximum atomic E-state index is 13.0. The quantitative estimate of drug-likeness (QED) is 0.555. The van der Waals surface area contributed by atoms with Gasteiger partial charge in [-0.3, -0.25) is 9.78 Å². The average molecular weight is 497 g/mol. The van der Waals surface area contributed by atoms with Crippen molar-refractivity contribution in [3.8, 4) is 11.5 Å². The number of anilines is 1. The molecule has 0 saturated carbocycles. The molecule has 1 fully saturated rings. The second-order valence-corrected chi connectivity index (χ2v) is 11.0. The highest BCUT2D eigenvalue weighted by Crippen LogP contribution is 2.25.